The zero-order valence-electron chi connectivity index (χ0n) is 15.7. The molecule has 150 valence electrons. The number of aromatic nitrogens is 2. The zero-order valence-corrected chi connectivity index (χ0v) is 16.5. The third-order valence-electron chi connectivity index (χ3n) is 4.14. The highest BCUT2D eigenvalue weighted by Gasteiger charge is 2.17. The van der Waals surface area contributed by atoms with Crippen LogP contribution in [0.15, 0.2) is 60.7 Å². The van der Waals surface area contributed by atoms with Crippen molar-refractivity contribution < 1.29 is 14.8 Å². The highest BCUT2D eigenvalue weighted by molar-refractivity contribution is 5.98. The predicted octanol–water partition coefficient (Wildman–Crippen LogP) is 2.97. The summed E-state index contributed by atoms with van der Waals surface area (Å²) in [6, 6.07) is 17.1. The van der Waals surface area contributed by atoms with Gasteiger partial charge in [0.2, 0.25) is 0 Å². The molecule has 0 saturated heterocycles. The number of aromatic amines is 1. The number of carbonyl (C=O) groups excluding carboxylic acids is 2. The molecule has 0 aliphatic rings. The number of nitrogens with one attached hydrogen (secondary N) is 3. The van der Waals surface area contributed by atoms with Crippen LogP contribution in [0.2, 0.25) is 0 Å². The molecule has 3 aromatic rings. The van der Waals surface area contributed by atoms with Crippen molar-refractivity contribution in [2.75, 3.05) is 7.05 Å². The van der Waals surface area contributed by atoms with Crippen LogP contribution in [0, 0.1) is 0 Å². The lowest BCUT2D eigenvalue weighted by molar-refractivity contribution is -0.124. The normalized spacial score (nSPS) is 10.4. The third-order valence-corrected chi connectivity index (χ3v) is 4.14. The van der Waals surface area contributed by atoms with Gasteiger partial charge in [0.05, 0.1) is 0 Å². The molecule has 0 spiro atoms. The Hall–Kier alpha value is -3.42. The number of nitrogens with zero attached hydrogens (tertiary/aromatic N) is 1. The number of amides is 2. The summed E-state index contributed by atoms with van der Waals surface area (Å²) in [7, 11) is 1.58. The van der Waals surface area contributed by atoms with Crippen molar-refractivity contribution in [3.8, 4) is 11.3 Å². The van der Waals surface area contributed by atoms with Gasteiger partial charge in [0, 0.05) is 25.1 Å². The Morgan fingerprint density at radius 1 is 1.10 bits per heavy atom. The number of halogens is 1. The maximum absolute atomic E-state index is 12.2. The van der Waals surface area contributed by atoms with Gasteiger partial charge in [0.15, 0.2) is 0 Å². The second-order valence-electron chi connectivity index (χ2n) is 6.08. The average molecular weight is 413 g/mol. The summed E-state index contributed by atoms with van der Waals surface area (Å²) in [5.74, 6) is -0.129. The zero-order chi connectivity index (χ0) is 19.9. The SMILES string of the molecule is CNC(=O)c1[nH]c(Cc2ccc(/C=C/C(=O)NO)cc2)nc1-c1ccccc1.Cl. The second-order valence-corrected chi connectivity index (χ2v) is 6.08. The number of hydrogen-bond acceptors (Lipinski definition) is 4. The van der Waals surface area contributed by atoms with Crippen LogP contribution in [-0.4, -0.2) is 34.0 Å². The van der Waals surface area contributed by atoms with E-state index in [0.717, 1.165) is 16.7 Å². The molecule has 1 heterocycles. The number of H-pyrrole nitrogens is 1. The second kappa shape index (κ2) is 10.2. The molecule has 0 saturated carbocycles. The summed E-state index contributed by atoms with van der Waals surface area (Å²) in [5.41, 5.74) is 5.28. The first kappa shape index (κ1) is 21.9. The quantitative estimate of drug-likeness (QED) is 0.283. The van der Waals surface area contributed by atoms with Crippen molar-refractivity contribution in [3.63, 3.8) is 0 Å². The Kier molecular flexibility index (Phi) is 7.70. The van der Waals surface area contributed by atoms with Crippen LogP contribution >= 0.6 is 12.4 Å². The monoisotopic (exact) mass is 412 g/mol. The molecular weight excluding hydrogens is 392 g/mol. The first-order chi connectivity index (χ1) is 13.6. The minimum Gasteiger partial charge on any atom is -0.354 e. The Bertz CT molecular complexity index is 999. The van der Waals surface area contributed by atoms with Crippen LogP contribution in [0.5, 0.6) is 0 Å². The molecule has 4 N–H and O–H groups in total. The summed E-state index contributed by atoms with van der Waals surface area (Å²) >= 11 is 0. The van der Waals surface area contributed by atoms with Gasteiger partial charge in [0.25, 0.3) is 11.8 Å². The number of hydrogen-bond donors (Lipinski definition) is 4. The third kappa shape index (κ3) is 5.54. The van der Waals surface area contributed by atoms with Gasteiger partial charge in [-0.15, -0.1) is 12.4 Å². The topological polar surface area (TPSA) is 107 Å². The predicted molar refractivity (Wildman–Crippen MR) is 113 cm³/mol. The Morgan fingerprint density at radius 3 is 2.41 bits per heavy atom. The van der Waals surface area contributed by atoms with Gasteiger partial charge in [0.1, 0.15) is 17.2 Å². The van der Waals surface area contributed by atoms with Gasteiger partial charge in [-0.2, -0.15) is 0 Å². The molecule has 2 amide bonds. The lowest BCUT2D eigenvalue weighted by Gasteiger charge is -2.00. The number of benzene rings is 2. The number of rotatable bonds is 6. The molecule has 7 nitrogen and oxygen atoms in total. The fourth-order valence-corrected chi connectivity index (χ4v) is 2.75. The molecule has 0 aliphatic heterocycles. The Morgan fingerprint density at radius 2 is 1.79 bits per heavy atom. The van der Waals surface area contributed by atoms with Crippen molar-refractivity contribution >= 4 is 30.3 Å². The van der Waals surface area contributed by atoms with Crippen molar-refractivity contribution in [1.82, 2.24) is 20.8 Å². The van der Waals surface area contributed by atoms with Crippen LogP contribution in [0.25, 0.3) is 17.3 Å². The molecule has 2 aromatic carbocycles. The van der Waals surface area contributed by atoms with Gasteiger partial charge in [-0.05, 0) is 17.2 Å². The minimum absolute atomic E-state index is 0. The summed E-state index contributed by atoms with van der Waals surface area (Å²) < 4.78 is 0. The van der Waals surface area contributed by atoms with E-state index in [2.05, 4.69) is 15.3 Å². The molecule has 0 atom stereocenters. The van der Waals surface area contributed by atoms with Crippen LogP contribution in [0.1, 0.15) is 27.4 Å². The van der Waals surface area contributed by atoms with E-state index in [1.165, 1.54) is 6.08 Å². The van der Waals surface area contributed by atoms with E-state index in [0.29, 0.717) is 23.6 Å². The van der Waals surface area contributed by atoms with E-state index in [1.54, 1.807) is 18.6 Å². The van der Waals surface area contributed by atoms with E-state index in [-0.39, 0.29) is 18.3 Å². The first-order valence-electron chi connectivity index (χ1n) is 8.68. The Labute approximate surface area is 174 Å². The summed E-state index contributed by atoms with van der Waals surface area (Å²) in [5, 5.41) is 11.1. The van der Waals surface area contributed by atoms with E-state index >= 15 is 0 Å². The highest BCUT2D eigenvalue weighted by atomic mass is 35.5. The summed E-state index contributed by atoms with van der Waals surface area (Å²) in [4.78, 5) is 31.0. The highest BCUT2D eigenvalue weighted by Crippen LogP contribution is 2.22. The van der Waals surface area contributed by atoms with Crippen LogP contribution in [0.3, 0.4) is 0 Å². The van der Waals surface area contributed by atoms with Crippen molar-refractivity contribution in [3.05, 3.63) is 83.3 Å². The molecule has 0 radical (unpaired) electrons. The van der Waals surface area contributed by atoms with Gasteiger partial charge in [-0.1, -0.05) is 54.6 Å². The largest absolute Gasteiger partial charge is 0.354 e. The maximum Gasteiger partial charge on any atom is 0.269 e. The first-order valence-corrected chi connectivity index (χ1v) is 8.68. The van der Waals surface area contributed by atoms with Crippen molar-refractivity contribution in [1.29, 1.82) is 0 Å². The van der Waals surface area contributed by atoms with Crippen molar-refractivity contribution in [2.45, 2.75) is 6.42 Å². The fraction of sp³-hybridized carbons (Fsp3) is 0.0952. The van der Waals surface area contributed by atoms with E-state index in [1.807, 2.05) is 54.6 Å². The molecule has 29 heavy (non-hydrogen) atoms. The summed E-state index contributed by atoms with van der Waals surface area (Å²) in [6.07, 6.45) is 3.36. The standard InChI is InChI=1S/C21H20N4O3.ClH/c1-22-21(27)20-19(16-5-3-2-4-6-16)23-17(24-20)13-15-9-7-14(8-10-15)11-12-18(26)25-28;/h2-12,28H,13H2,1H3,(H,22,27)(H,23,24)(H,25,26);1H/b12-11+;. The van der Waals surface area contributed by atoms with Gasteiger partial charge >= 0.3 is 0 Å². The molecule has 1 aromatic heterocycles. The van der Waals surface area contributed by atoms with Gasteiger partial charge < -0.3 is 10.3 Å². The lowest BCUT2D eigenvalue weighted by atomic mass is 10.1. The molecule has 0 fully saturated rings. The fourth-order valence-electron chi connectivity index (χ4n) is 2.75. The number of imidazole rings is 1. The van der Waals surface area contributed by atoms with E-state index in [9.17, 15) is 9.59 Å². The van der Waals surface area contributed by atoms with Crippen LogP contribution in [0.4, 0.5) is 0 Å². The van der Waals surface area contributed by atoms with Gasteiger partial charge in [-0.3, -0.25) is 14.8 Å². The smallest absolute Gasteiger partial charge is 0.269 e. The number of carbonyl (C=O) groups is 2. The van der Waals surface area contributed by atoms with Crippen LogP contribution in [-0.2, 0) is 11.2 Å². The maximum atomic E-state index is 12.2. The molecule has 0 bridgehead atoms. The summed E-state index contributed by atoms with van der Waals surface area (Å²) in [6.45, 7) is 0. The molecule has 0 unspecified atom stereocenters. The minimum atomic E-state index is -0.588. The van der Waals surface area contributed by atoms with Crippen LogP contribution < -0.4 is 10.8 Å². The van der Waals surface area contributed by atoms with E-state index in [4.69, 9.17) is 5.21 Å². The van der Waals surface area contributed by atoms with Crippen molar-refractivity contribution in [2.24, 2.45) is 0 Å². The van der Waals surface area contributed by atoms with E-state index < -0.39 is 5.91 Å². The lowest BCUT2D eigenvalue weighted by Crippen LogP contribution is -2.19. The van der Waals surface area contributed by atoms with Gasteiger partial charge in [-0.25, -0.2) is 10.5 Å². The average Bonchev–Trinajstić information content (AvgIpc) is 3.16. The molecule has 0 aliphatic carbocycles. The molecule has 8 heteroatoms. The Balaban J connectivity index is 0.00000300. The molecular formula is C21H21ClN4O3. The molecule has 3 rings (SSSR count). The number of hydroxylamine groups is 1.